The number of phenols is 1. The van der Waals surface area contributed by atoms with Crippen molar-refractivity contribution in [3.05, 3.63) is 27.7 Å². The van der Waals surface area contributed by atoms with Gasteiger partial charge in [-0.15, -0.1) is 0 Å². The second-order valence-corrected chi connectivity index (χ2v) is 5.81. The minimum Gasteiger partial charge on any atom is -0.505 e. The number of benzene rings is 1. The Morgan fingerprint density at radius 3 is 2.37 bits per heavy atom. The van der Waals surface area contributed by atoms with Crippen molar-refractivity contribution in [2.45, 2.75) is 58.3 Å². The van der Waals surface area contributed by atoms with Crippen molar-refractivity contribution in [3.63, 3.8) is 0 Å². The summed E-state index contributed by atoms with van der Waals surface area (Å²) in [5.41, 5.74) is 1.47. The summed E-state index contributed by atoms with van der Waals surface area (Å²) in [4.78, 5) is 0. The first-order chi connectivity index (χ1) is 9.19. The minimum absolute atomic E-state index is 0.0471. The molecule has 0 bridgehead atoms. The lowest BCUT2D eigenvalue weighted by Crippen LogP contribution is -1.89. The van der Waals surface area contributed by atoms with Gasteiger partial charge in [-0.25, -0.2) is 0 Å². The molecular weight excluding hydrogens is 302 g/mol. The summed E-state index contributed by atoms with van der Waals surface area (Å²) >= 11 is 3.29. The highest BCUT2D eigenvalue weighted by atomic mass is 79.9. The lowest BCUT2D eigenvalue weighted by molar-refractivity contribution is 0.469. The van der Waals surface area contributed by atoms with Crippen molar-refractivity contribution >= 4 is 15.9 Å². The molecule has 0 saturated heterocycles. The van der Waals surface area contributed by atoms with Gasteiger partial charge in [-0.3, -0.25) is 0 Å². The molecule has 0 aliphatic rings. The van der Waals surface area contributed by atoms with E-state index in [9.17, 15) is 5.11 Å². The molecule has 1 N–H and O–H groups in total. The molecule has 0 fully saturated rings. The van der Waals surface area contributed by atoms with Crippen molar-refractivity contribution in [3.8, 4) is 11.8 Å². The van der Waals surface area contributed by atoms with Gasteiger partial charge < -0.3 is 5.11 Å². The molecule has 1 rings (SSSR count). The van der Waals surface area contributed by atoms with Gasteiger partial charge in [-0.2, -0.15) is 5.26 Å². The predicted octanol–water partition coefficient (Wildman–Crippen LogP) is 5.32. The average Bonchev–Trinajstić information content (AvgIpc) is 2.41. The number of nitriles is 1. The molecule has 0 amide bonds. The van der Waals surface area contributed by atoms with E-state index in [1.807, 2.05) is 12.1 Å². The molecule has 1 aromatic rings. The highest BCUT2D eigenvalue weighted by Crippen LogP contribution is 2.29. The predicted molar refractivity (Wildman–Crippen MR) is 82.2 cm³/mol. The smallest absolute Gasteiger partial charge is 0.147 e. The summed E-state index contributed by atoms with van der Waals surface area (Å²) in [6.07, 6.45) is 9.97. The summed E-state index contributed by atoms with van der Waals surface area (Å²) in [5, 5.41) is 18.6. The van der Waals surface area contributed by atoms with Crippen LogP contribution in [0.15, 0.2) is 16.6 Å². The van der Waals surface area contributed by atoms with Crippen LogP contribution >= 0.6 is 15.9 Å². The van der Waals surface area contributed by atoms with Gasteiger partial charge >= 0.3 is 0 Å². The van der Waals surface area contributed by atoms with E-state index in [0.717, 1.165) is 18.4 Å². The second kappa shape index (κ2) is 8.98. The van der Waals surface area contributed by atoms with Gasteiger partial charge in [0, 0.05) is 0 Å². The number of aromatic hydroxyl groups is 1. The Morgan fingerprint density at radius 1 is 1.11 bits per heavy atom. The number of unbranched alkanes of at least 4 members (excludes halogenated alkanes) is 6. The van der Waals surface area contributed by atoms with Crippen LogP contribution in [0.4, 0.5) is 0 Å². The van der Waals surface area contributed by atoms with E-state index in [4.69, 9.17) is 5.26 Å². The molecule has 0 aromatic heterocycles. The molecule has 0 spiro atoms. The standard InChI is InChI=1S/C16H22BrNO/c1-2-3-4-5-6-7-8-9-13-10-14(12-18)16(19)15(17)11-13/h10-11,19H,2-9H2,1H3. The summed E-state index contributed by atoms with van der Waals surface area (Å²) in [7, 11) is 0. The number of hydrogen-bond acceptors (Lipinski definition) is 2. The summed E-state index contributed by atoms with van der Waals surface area (Å²) < 4.78 is 0.615. The first kappa shape index (κ1) is 16.0. The van der Waals surface area contributed by atoms with Gasteiger partial charge in [-0.05, 0) is 46.5 Å². The van der Waals surface area contributed by atoms with E-state index >= 15 is 0 Å². The topological polar surface area (TPSA) is 44.0 Å². The summed E-state index contributed by atoms with van der Waals surface area (Å²) in [6.45, 7) is 2.23. The maximum absolute atomic E-state index is 9.64. The third-order valence-corrected chi connectivity index (χ3v) is 3.92. The largest absolute Gasteiger partial charge is 0.505 e. The Morgan fingerprint density at radius 2 is 1.74 bits per heavy atom. The van der Waals surface area contributed by atoms with Crippen LogP contribution in [0.5, 0.6) is 5.75 Å². The number of hydrogen-bond donors (Lipinski definition) is 1. The second-order valence-electron chi connectivity index (χ2n) is 4.96. The molecule has 0 aliphatic heterocycles. The van der Waals surface area contributed by atoms with Crippen molar-refractivity contribution in [1.29, 1.82) is 5.26 Å². The molecule has 0 unspecified atom stereocenters. The molecule has 1 aromatic carbocycles. The molecule has 3 heteroatoms. The molecule has 2 nitrogen and oxygen atoms in total. The van der Waals surface area contributed by atoms with Gasteiger partial charge in [0.05, 0.1) is 10.0 Å². The zero-order valence-electron chi connectivity index (χ0n) is 11.6. The summed E-state index contributed by atoms with van der Waals surface area (Å²) in [6, 6.07) is 5.72. The molecule has 104 valence electrons. The molecule has 19 heavy (non-hydrogen) atoms. The quantitative estimate of drug-likeness (QED) is 0.658. The zero-order chi connectivity index (χ0) is 14.1. The van der Waals surface area contributed by atoms with E-state index in [-0.39, 0.29) is 5.75 Å². The average molecular weight is 324 g/mol. The fourth-order valence-electron chi connectivity index (χ4n) is 2.17. The normalized spacial score (nSPS) is 10.4. The van der Waals surface area contributed by atoms with Crippen LogP contribution < -0.4 is 0 Å². The maximum Gasteiger partial charge on any atom is 0.147 e. The summed E-state index contributed by atoms with van der Waals surface area (Å²) in [5.74, 6) is 0.0471. The number of rotatable bonds is 8. The number of aryl methyl sites for hydroxylation is 1. The van der Waals surface area contributed by atoms with Gasteiger partial charge in [0.25, 0.3) is 0 Å². The maximum atomic E-state index is 9.64. The third kappa shape index (κ3) is 5.65. The van der Waals surface area contributed by atoms with Gasteiger partial charge in [-0.1, -0.05) is 45.4 Å². The molecule has 0 atom stereocenters. The van der Waals surface area contributed by atoms with Crippen LogP contribution in [0.2, 0.25) is 0 Å². The lowest BCUT2D eigenvalue weighted by Gasteiger charge is -2.06. The van der Waals surface area contributed by atoms with Crippen molar-refractivity contribution in [2.24, 2.45) is 0 Å². The molecular formula is C16H22BrNO. The minimum atomic E-state index is 0.0471. The Kier molecular flexibility index (Phi) is 7.59. The van der Waals surface area contributed by atoms with Crippen LogP contribution in [-0.4, -0.2) is 5.11 Å². The van der Waals surface area contributed by atoms with Crippen molar-refractivity contribution in [2.75, 3.05) is 0 Å². The lowest BCUT2D eigenvalue weighted by atomic mass is 10.0. The highest BCUT2D eigenvalue weighted by Gasteiger charge is 2.07. The van der Waals surface area contributed by atoms with Crippen LogP contribution in [0, 0.1) is 11.3 Å². The number of phenolic OH excluding ortho intramolecular Hbond substituents is 1. The van der Waals surface area contributed by atoms with E-state index in [0.29, 0.717) is 10.0 Å². The molecule has 0 radical (unpaired) electrons. The van der Waals surface area contributed by atoms with Crippen LogP contribution in [0.25, 0.3) is 0 Å². The van der Waals surface area contributed by atoms with E-state index in [2.05, 4.69) is 22.9 Å². The Balaban J connectivity index is 2.34. The Labute approximate surface area is 124 Å². The van der Waals surface area contributed by atoms with Crippen LogP contribution in [0.1, 0.15) is 63.0 Å². The Hall–Kier alpha value is -1.01. The third-order valence-electron chi connectivity index (χ3n) is 3.31. The van der Waals surface area contributed by atoms with Gasteiger partial charge in [0.15, 0.2) is 0 Å². The van der Waals surface area contributed by atoms with E-state index in [1.54, 1.807) is 6.07 Å². The van der Waals surface area contributed by atoms with Crippen LogP contribution in [0.3, 0.4) is 0 Å². The highest BCUT2D eigenvalue weighted by molar-refractivity contribution is 9.10. The zero-order valence-corrected chi connectivity index (χ0v) is 13.2. The van der Waals surface area contributed by atoms with Gasteiger partial charge in [0.2, 0.25) is 0 Å². The van der Waals surface area contributed by atoms with E-state index < -0.39 is 0 Å². The van der Waals surface area contributed by atoms with Crippen molar-refractivity contribution in [1.82, 2.24) is 0 Å². The van der Waals surface area contributed by atoms with Crippen molar-refractivity contribution < 1.29 is 5.11 Å². The molecule has 0 saturated carbocycles. The monoisotopic (exact) mass is 323 g/mol. The first-order valence-corrected chi connectivity index (χ1v) is 7.89. The fourth-order valence-corrected chi connectivity index (χ4v) is 2.68. The number of nitrogens with zero attached hydrogens (tertiary/aromatic N) is 1. The molecule has 0 aliphatic carbocycles. The number of halogens is 1. The van der Waals surface area contributed by atoms with E-state index in [1.165, 1.54) is 38.5 Å². The molecule has 0 heterocycles. The van der Waals surface area contributed by atoms with Gasteiger partial charge in [0.1, 0.15) is 11.8 Å². The SMILES string of the molecule is CCCCCCCCCc1cc(Br)c(O)c(C#N)c1. The first-order valence-electron chi connectivity index (χ1n) is 7.10. The fraction of sp³-hybridized carbons (Fsp3) is 0.562. The Bertz CT molecular complexity index is 437. The van der Waals surface area contributed by atoms with Crippen LogP contribution in [-0.2, 0) is 6.42 Å².